The second kappa shape index (κ2) is 5.35. The Labute approximate surface area is 112 Å². The van der Waals surface area contributed by atoms with E-state index < -0.39 is 5.82 Å². The van der Waals surface area contributed by atoms with Gasteiger partial charge in [0.1, 0.15) is 12.4 Å². The monoisotopic (exact) mass is 313 g/mol. The summed E-state index contributed by atoms with van der Waals surface area (Å²) in [7, 11) is 0. The van der Waals surface area contributed by atoms with Crippen LogP contribution in [0.3, 0.4) is 0 Å². The van der Waals surface area contributed by atoms with E-state index in [4.69, 9.17) is 10.5 Å². The van der Waals surface area contributed by atoms with Crippen LogP contribution in [0.5, 0.6) is 5.75 Å². The molecule has 0 heterocycles. The van der Waals surface area contributed by atoms with Crippen molar-refractivity contribution >= 4 is 21.6 Å². The van der Waals surface area contributed by atoms with E-state index in [0.717, 1.165) is 0 Å². The molecule has 0 aliphatic rings. The molecular formula is C13H10BrF2NO. The minimum absolute atomic E-state index is 0.0806. The van der Waals surface area contributed by atoms with Crippen LogP contribution in [0, 0.1) is 11.6 Å². The van der Waals surface area contributed by atoms with Crippen molar-refractivity contribution in [3.05, 3.63) is 58.1 Å². The van der Waals surface area contributed by atoms with E-state index >= 15 is 0 Å². The van der Waals surface area contributed by atoms with Crippen molar-refractivity contribution < 1.29 is 13.5 Å². The van der Waals surface area contributed by atoms with Gasteiger partial charge in [0.25, 0.3) is 0 Å². The molecule has 0 saturated heterocycles. The van der Waals surface area contributed by atoms with Gasteiger partial charge in [-0.05, 0) is 35.9 Å². The average Bonchev–Trinajstić information content (AvgIpc) is 2.26. The number of anilines is 1. The van der Waals surface area contributed by atoms with Crippen LogP contribution in [0.1, 0.15) is 5.56 Å². The van der Waals surface area contributed by atoms with Crippen molar-refractivity contribution in [1.29, 1.82) is 0 Å². The molecular weight excluding hydrogens is 304 g/mol. The normalized spacial score (nSPS) is 10.4. The maximum absolute atomic E-state index is 13.4. The first-order valence-electron chi connectivity index (χ1n) is 5.17. The van der Waals surface area contributed by atoms with E-state index in [1.807, 2.05) is 0 Å². The molecule has 5 heteroatoms. The zero-order chi connectivity index (χ0) is 13.1. The van der Waals surface area contributed by atoms with Crippen molar-refractivity contribution in [2.24, 2.45) is 0 Å². The average molecular weight is 314 g/mol. The Hall–Kier alpha value is -1.62. The minimum Gasteiger partial charge on any atom is -0.486 e. The molecule has 0 bridgehead atoms. The third kappa shape index (κ3) is 3.20. The number of nitrogens with two attached hydrogens (primary N) is 1. The fourth-order valence-electron chi connectivity index (χ4n) is 1.49. The topological polar surface area (TPSA) is 35.2 Å². The molecule has 0 radical (unpaired) electrons. The van der Waals surface area contributed by atoms with Gasteiger partial charge >= 0.3 is 0 Å². The summed E-state index contributed by atoms with van der Waals surface area (Å²) in [6.45, 7) is 0.0806. The number of hydrogen-bond donors (Lipinski definition) is 1. The van der Waals surface area contributed by atoms with Crippen LogP contribution >= 0.6 is 15.9 Å². The van der Waals surface area contributed by atoms with Crippen LogP contribution < -0.4 is 10.5 Å². The number of nitrogen functional groups attached to an aromatic ring is 1. The molecule has 0 saturated carbocycles. The molecule has 18 heavy (non-hydrogen) atoms. The summed E-state index contributed by atoms with van der Waals surface area (Å²) in [5.74, 6) is -0.823. The number of halogens is 3. The highest BCUT2D eigenvalue weighted by Gasteiger charge is 2.05. The molecule has 2 N–H and O–H groups in total. The molecule has 0 amide bonds. The van der Waals surface area contributed by atoms with E-state index in [2.05, 4.69) is 15.9 Å². The van der Waals surface area contributed by atoms with Crippen molar-refractivity contribution in [3.63, 3.8) is 0 Å². The lowest BCUT2D eigenvalue weighted by Gasteiger charge is -2.08. The molecule has 0 aliphatic carbocycles. The number of hydrogen-bond acceptors (Lipinski definition) is 2. The Morgan fingerprint density at radius 1 is 1.11 bits per heavy atom. The summed E-state index contributed by atoms with van der Waals surface area (Å²) >= 11 is 3.18. The molecule has 2 aromatic rings. The third-order valence-corrected chi connectivity index (χ3v) is 2.73. The molecule has 0 aliphatic heterocycles. The lowest BCUT2D eigenvalue weighted by Crippen LogP contribution is -1.99. The SMILES string of the molecule is Nc1ccc(OCc2cc(F)cc(Br)c2)c(F)c1. The summed E-state index contributed by atoms with van der Waals surface area (Å²) in [5, 5.41) is 0. The quantitative estimate of drug-likeness (QED) is 0.873. The van der Waals surface area contributed by atoms with Gasteiger partial charge in [-0.1, -0.05) is 15.9 Å². The second-order valence-corrected chi connectivity index (χ2v) is 4.67. The lowest BCUT2D eigenvalue weighted by molar-refractivity contribution is 0.290. The largest absolute Gasteiger partial charge is 0.486 e. The Kier molecular flexibility index (Phi) is 3.81. The molecule has 94 valence electrons. The molecule has 2 aromatic carbocycles. The van der Waals surface area contributed by atoms with Gasteiger partial charge < -0.3 is 10.5 Å². The summed E-state index contributed by atoms with van der Waals surface area (Å²) in [4.78, 5) is 0. The number of ether oxygens (including phenoxy) is 1. The van der Waals surface area contributed by atoms with E-state index in [9.17, 15) is 8.78 Å². The fourth-order valence-corrected chi connectivity index (χ4v) is 2.00. The number of benzene rings is 2. The van der Waals surface area contributed by atoms with Gasteiger partial charge in [0.05, 0.1) is 0 Å². The summed E-state index contributed by atoms with van der Waals surface area (Å²) in [5.41, 5.74) is 6.36. The van der Waals surface area contributed by atoms with Crippen molar-refractivity contribution in [3.8, 4) is 5.75 Å². The van der Waals surface area contributed by atoms with E-state index in [1.54, 1.807) is 12.1 Å². The van der Waals surface area contributed by atoms with Gasteiger partial charge in [-0.25, -0.2) is 8.78 Å². The first kappa shape index (κ1) is 12.8. The van der Waals surface area contributed by atoms with E-state index in [1.165, 1.54) is 24.3 Å². The van der Waals surface area contributed by atoms with Gasteiger partial charge in [0, 0.05) is 16.2 Å². The molecule has 0 aromatic heterocycles. The van der Waals surface area contributed by atoms with Crippen molar-refractivity contribution in [2.45, 2.75) is 6.61 Å². The van der Waals surface area contributed by atoms with Crippen LogP contribution in [0.2, 0.25) is 0 Å². The van der Waals surface area contributed by atoms with Crippen LogP contribution in [0.4, 0.5) is 14.5 Å². The fraction of sp³-hybridized carbons (Fsp3) is 0.0769. The Morgan fingerprint density at radius 2 is 1.89 bits per heavy atom. The molecule has 2 nitrogen and oxygen atoms in total. The van der Waals surface area contributed by atoms with Crippen molar-refractivity contribution in [1.82, 2.24) is 0 Å². The first-order chi connectivity index (χ1) is 8.54. The standard InChI is InChI=1S/C13H10BrF2NO/c14-9-3-8(4-10(15)5-9)7-18-13-2-1-11(17)6-12(13)16/h1-6H,7,17H2. The zero-order valence-corrected chi connectivity index (χ0v) is 10.9. The summed E-state index contributed by atoms with van der Waals surface area (Å²) < 4.78 is 32.4. The van der Waals surface area contributed by atoms with Gasteiger partial charge in [-0.2, -0.15) is 0 Å². The molecule has 2 rings (SSSR count). The van der Waals surface area contributed by atoms with Gasteiger partial charge in [0.15, 0.2) is 11.6 Å². The van der Waals surface area contributed by atoms with Crippen LogP contribution in [-0.2, 0) is 6.61 Å². The first-order valence-corrected chi connectivity index (χ1v) is 5.97. The second-order valence-electron chi connectivity index (χ2n) is 3.76. The van der Waals surface area contributed by atoms with E-state index in [0.29, 0.717) is 15.7 Å². The highest BCUT2D eigenvalue weighted by atomic mass is 79.9. The van der Waals surface area contributed by atoms with Gasteiger partial charge in [0.2, 0.25) is 0 Å². The summed E-state index contributed by atoms with van der Waals surface area (Å²) in [6.07, 6.45) is 0. The van der Waals surface area contributed by atoms with Gasteiger partial charge in [-0.15, -0.1) is 0 Å². The molecule has 0 spiro atoms. The van der Waals surface area contributed by atoms with Crippen LogP contribution in [0.25, 0.3) is 0 Å². The summed E-state index contributed by atoms with van der Waals surface area (Å²) in [6, 6.07) is 8.54. The highest BCUT2D eigenvalue weighted by Crippen LogP contribution is 2.21. The third-order valence-electron chi connectivity index (χ3n) is 2.27. The zero-order valence-electron chi connectivity index (χ0n) is 9.29. The predicted octanol–water partition coefficient (Wildman–Crippen LogP) is 3.89. The Bertz CT molecular complexity index is 555. The highest BCUT2D eigenvalue weighted by molar-refractivity contribution is 9.10. The minimum atomic E-state index is -0.537. The Morgan fingerprint density at radius 3 is 2.56 bits per heavy atom. The van der Waals surface area contributed by atoms with Crippen LogP contribution in [0.15, 0.2) is 40.9 Å². The lowest BCUT2D eigenvalue weighted by atomic mass is 10.2. The van der Waals surface area contributed by atoms with Crippen molar-refractivity contribution in [2.75, 3.05) is 5.73 Å². The van der Waals surface area contributed by atoms with Crippen LogP contribution in [-0.4, -0.2) is 0 Å². The smallest absolute Gasteiger partial charge is 0.167 e. The number of rotatable bonds is 3. The molecule has 0 fully saturated rings. The Balaban J connectivity index is 2.11. The maximum atomic E-state index is 13.4. The molecule has 0 atom stereocenters. The molecule has 0 unspecified atom stereocenters. The van der Waals surface area contributed by atoms with Gasteiger partial charge in [-0.3, -0.25) is 0 Å². The van der Waals surface area contributed by atoms with E-state index in [-0.39, 0.29) is 18.2 Å². The maximum Gasteiger partial charge on any atom is 0.167 e. The predicted molar refractivity (Wildman–Crippen MR) is 69.2 cm³/mol.